The number of allylic oxidation sites excluding steroid dienone is 22. The van der Waals surface area contributed by atoms with Crippen molar-refractivity contribution in [2.24, 2.45) is 0 Å². The van der Waals surface area contributed by atoms with Gasteiger partial charge in [0.2, 0.25) is 0 Å². The molecule has 0 aromatic heterocycles. The molecule has 444 valence electrons. The maximum absolute atomic E-state index is 12.8. The normalized spacial score (nSPS) is 14.2. The van der Waals surface area contributed by atoms with E-state index in [1.807, 2.05) is 21.1 Å². The zero-order valence-electron chi connectivity index (χ0n) is 50.3. The number of rotatable bonds is 55. The van der Waals surface area contributed by atoms with Gasteiger partial charge in [-0.1, -0.05) is 244 Å². The van der Waals surface area contributed by atoms with Gasteiger partial charge in [-0.05, 0) is 109 Å². The maximum atomic E-state index is 12.8. The summed E-state index contributed by atoms with van der Waals surface area (Å²) >= 11 is 0. The van der Waals surface area contributed by atoms with Crippen LogP contribution in [0.15, 0.2) is 134 Å². The highest BCUT2D eigenvalue weighted by Gasteiger charge is 2.27. The molecular weight excluding hydrogens is 990 g/mol. The summed E-state index contributed by atoms with van der Waals surface area (Å²) in [6.45, 7) is 4.18. The fraction of sp³-hybridized carbons (Fsp3) is 0.647. The molecule has 2 unspecified atom stereocenters. The summed E-state index contributed by atoms with van der Waals surface area (Å²) in [6.07, 6.45) is 83.8. The lowest BCUT2D eigenvalue weighted by Crippen LogP contribution is -2.37. The van der Waals surface area contributed by atoms with E-state index in [1.54, 1.807) is 0 Å². The highest BCUT2D eigenvalue weighted by Crippen LogP contribution is 2.43. The molecule has 0 fully saturated rings. The number of hydrogen-bond acceptors (Lipinski definition) is 7. The number of phosphoric acid groups is 1. The standard InChI is InChI=1S/C68H114NO8P/c1-6-8-10-12-14-16-18-20-22-24-26-28-30-32-33-34-35-37-38-40-42-44-46-48-50-52-54-56-58-60-67(70)74-64-66(65-76-78(72,73)75-63-62-69(3,4)5)77-68(71)61-59-57-55-53-51-49-47-45-43-41-39-36-31-29-27-25-23-21-19-17-15-13-11-9-7-2/h8-11,14-17,20-23,26-29,32-33,36,39,43,45,66H,6-7,12-13,18-19,24-25,30-31,34-35,37-38,40-42,44,46-65H2,1-5H3/p+1/b10-8-,11-9-,16-14-,17-15-,22-20-,23-21-,28-26-,29-27-,33-32-,39-36-,45-43-. The van der Waals surface area contributed by atoms with Crippen LogP contribution in [-0.2, 0) is 32.7 Å². The number of unbranched alkanes of at least 4 members (excludes halogenated alkanes) is 19. The van der Waals surface area contributed by atoms with Crippen molar-refractivity contribution in [3.8, 4) is 0 Å². The van der Waals surface area contributed by atoms with Gasteiger partial charge in [0.15, 0.2) is 6.10 Å². The van der Waals surface area contributed by atoms with Gasteiger partial charge in [-0.15, -0.1) is 0 Å². The summed E-state index contributed by atoms with van der Waals surface area (Å²) in [5.74, 6) is -0.822. The molecule has 0 spiro atoms. The van der Waals surface area contributed by atoms with Crippen LogP contribution in [0.5, 0.6) is 0 Å². The minimum Gasteiger partial charge on any atom is -0.462 e. The summed E-state index contributed by atoms with van der Waals surface area (Å²) in [6, 6.07) is 0. The van der Waals surface area contributed by atoms with Gasteiger partial charge in [-0.2, -0.15) is 0 Å². The number of quaternary nitrogens is 1. The van der Waals surface area contributed by atoms with Crippen LogP contribution in [0.4, 0.5) is 0 Å². The number of likely N-dealkylation sites (N-methyl/N-ethyl adjacent to an activating group) is 1. The van der Waals surface area contributed by atoms with E-state index in [0.717, 1.165) is 128 Å². The molecule has 78 heavy (non-hydrogen) atoms. The lowest BCUT2D eigenvalue weighted by atomic mass is 10.0. The van der Waals surface area contributed by atoms with Crippen LogP contribution in [0, 0.1) is 0 Å². The first-order valence-electron chi connectivity index (χ1n) is 30.9. The van der Waals surface area contributed by atoms with Crippen LogP contribution in [0.1, 0.15) is 232 Å². The van der Waals surface area contributed by atoms with Gasteiger partial charge >= 0.3 is 19.8 Å². The Hall–Kier alpha value is -3.85. The Bertz CT molecular complexity index is 1780. The van der Waals surface area contributed by atoms with Crippen LogP contribution < -0.4 is 0 Å². The lowest BCUT2D eigenvalue weighted by Gasteiger charge is -2.24. The molecule has 0 aliphatic carbocycles. The van der Waals surface area contributed by atoms with Crippen molar-refractivity contribution < 1.29 is 42.1 Å². The average Bonchev–Trinajstić information content (AvgIpc) is 3.40. The minimum absolute atomic E-state index is 0.0214. The zero-order valence-corrected chi connectivity index (χ0v) is 51.2. The van der Waals surface area contributed by atoms with E-state index in [-0.39, 0.29) is 32.0 Å². The SMILES string of the molecule is CC/C=C\C/C=C\C/C=C\C/C=C\C/C=C\C/C=C\CCCCCCCCC(=O)OC(COC(=O)CCCCCCCCCCCCCCC/C=C\C/C=C\C/C=C\C/C=C\C/C=C\CC)COP(=O)(O)OCC[N+](C)(C)C. The molecule has 1 N–H and O–H groups in total. The van der Waals surface area contributed by atoms with Crippen molar-refractivity contribution in [1.82, 2.24) is 0 Å². The predicted octanol–water partition coefficient (Wildman–Crippen LogP) is 19.7. The molecule has 0 amide bonds. The molecular formula is C68H115NO8P+. The first kappa shape index (κ1) is 74.2. The van der Waals surface area contributed by atoms with Crippen molar-refractivity contribution in [2.45, 2.75) is 238 Å². The molecule has 0 rings (SSSR count). The molecule has 0 bridgehead atoms. The topological polar surface area (TPSA) is 108 Å². The molecule has 9 nitrogen and oxygen atoms in total. The highest BCUT2D eigenvalue weighted by atomic mass is 31.2. The van der Waals surface area contributed by atoms with Crippen LogP contribution in [-0.4, -0.2) is 74.9 Å². The molecule has 2 atom stereocenters. The lowest BCUT2D eigenvalue weighted by molar-refractivity contribution is -0.870. The molecule has 0 saturated heterocycles. The van der Waals surface area contributed by atoms with E-state index in [4.69, 9.17) is 18.5 Å². The third-order valence-electron chi connectivity index (χ3n) is 12.7. The second-order valence-electron chi connectivity index (χ2n) is 21.3. The van der Waals surface area contributed by atoms with E-state index < -0.39 is 26.5 Å². The van der Waals surface area contributed by atoms with Crippen LogP contribution in [0.25, 0.3) is 0 Å². The molecule has 0 heterocycles. The smallest absolute Gasteiger partial charge is 0.462 e. The predicted molar refractivity (Wildman–Crippen MR) is 334 cm³/mol. The van der Waals surface area contributed by atoms with Crippen molar-refractivity contribution in [3.63, 3.8) is 0 Å². The molecule has 10 heteroatoms. The summed E-state index contributed by atoms with van der Waals surface area (Å²) in [5.41, 5.74) is 0. The molecule has 0 aromatic carbocycles. The third-order valence-corrected chi connectivity index (χ3v) is 13.7. The number of carbonyl (C=O) groups excluding carboxylic acids is 2. The van der Waals surface area contributed by atoms with Crippen molar-refractivity contribution in [2.75, 3.05) is 47.5 Å². The average molecular weight is 1110 g/mol. The summed E-state index contributed by atoms with van der Waals surface area (Å²) in [4.78, 5) is 35.8. The van der Waals surface area contributed by atoms with Gasteiger partial charge in [-0.25, -0.2) is 4.57 Å². The number of phosphoric ester groups is 1. The van der Waals surface area contributed by atoms with E-state index in [2.05, 4.69) is 148 Å². The number of carbonyl (C=O) groups is 2. The van der Waals surface area contributed by atoms with Crippen molar-refractivity contribution in [3.05, 3.63) is 134 Å². The number of esters is 2. The molecule has 0 radical (unpaired) electrons. The first-order chi connectivity index (χ1) is 38.0. The second kappa shape index (κ2) is 57.8. The van der Waals surface area contributed by atoms with Gasteiger partial charge < -0.3 is 18.9 Å². The van der Waals surface area contributed by atoms with Gasteiger partial charge in [0.05, 0.1) is 27.7 Å². The van der Waals surface area contributed by atoms with Crippen LogP contribution in [0.2, 0.25) is 0 Å². The first-order valence-corrected chi connectivity index (χ1v) is 32.4. The van der Waals surface area contributed by atoms with E-state index in [9.17, 15) is 19.0 Å². The molecule has 0 aromatic rings. The van der Waals surface area contributed by atoms with E-state index >= 15 is 0 Å². The van der Waals surface area contributed by atoms with Gasteiger partial charge in [0.1, 0.15) is 19.8 Å². The zero-order chi connectivity index (χ0) is 57.0. The fourth-order valence-corrected chi connectivity index (χ4v) is 8.73. The van der Waals surface area contributed by atoms with Crippen molar-refractivity contribution in [1.29, 1.82) is 0 Å². The Morgan fingerprint density at radius 2 is 0.692 bits per heavy atom. The summed E-state index contributed by atoms with van der Waals surface area (Å²) < 4.78 is 34.6. The number of hydrogen-bond donors (Lipinski definition) is 1. The second-order valence-corrected chi connectivity index (χ2v) is 22.8. The quantitative estimate of drug-likeness (QED) is 0.0211. The largest absolute Gasteiger partial charge is 0.472 e. The van der Waals surface area contributed by atoms with E-state index in [0.29, 0.717) is 17.4 Å². The Morgan fingerprint density at radius 1 is 0.397 bits per heavy atom. The third kappa shape index (κ3) is 61.4. The van der Waals surface area contributed by atoms with E-state index in [1.165, 1.54) is 70.6 Å². The van der Waals surface area contributed by atoms with Gasteiger partial charge in [0, 0.05) is 12.8 Å². The molecule has 0 saturated carbocycles. The molecule has 0 aliphatic rings. The summed E-state index contributed by atoms with van der Waals surface area (Å²) in [5, 5.41) is 0. The maximum Gasteiger partial charge on any atom is 0.472 e. The summed E-state index contributed by atoms with van der Waals surface area (Å²) in [7, 11) is 1.45. The Kier molecular flexibility index (Phi) is 55.0. The van der Waals surface area contributed by atoms with Gasteiger partial charge in [-0.3, -0.25) is 18.6 Å². The van der Waals surface area contributed by atoms with Crippen LogP contribution in [0.3, 0.4) is 0 Å². The number of nitrogens with zero attached hydrogens (tertiary/aromatic N) is 1. The minimum atomic E-state index is -4.40. The Labute approximate surface area is 479 Å². The monoisotopic (exact) mass is 1100 g/mol. The Morgan fingerprint density at radius 3 is 1.03 bits per heavy atom. The fourth-order valence-electron chi connectivity index (χ4n) is 7.99. The van der Waals surface area contributed by atoms with Crippen molar-refractivity contribution >= 4 is 19.8 Å². The highest BCUT2D eigenvalue weighted by molar-refractivity contribution is 7.47. The van der Waals surface area contributed by atoms with Gasteiger partial charge in [0.25, 0.3) is 0 Å². The number of ether oxygens (including phenoxy) is 2. The van der Waals surface area contributed by atoms with Crippen LogP contribution >= 0.6 is 7.82 Å². The molecule has 0 aliphatic heterocycles. The Balaban J connectivity index is 4.19.